The molecule has 0 amide bonds. The van der Waals surface area contributed by atoms with Crippen molar-refractivity contribution in [3.05, 3.63) is 249 Å². The summed E-state index contributed by atoms with van der Waals surface area (Å²) in [4.78, 5) is 0. The summed E-state index contributed by atoms with van der Waals surface area (Å²) in [5.74, 6) is 0. The molecule has 0 saturated heterocycles. The van der Waals surface area contributed by atoms with Gasteiger partial charge in [-0.05, 0) is 123 Å². The third-order valence-corrected chi connectivity index (χ3v) is 12.5. The molecule has 0 unspecified atom stereocenters. The van der Waals surface area contributed by atoms with Crippen molar-refractivity contribution in [2.75, 3.05) is 5.73 Å². The molecule has 0 atom stereocenters. The molecule has 11 aromatic rings. The van der Waals surface area contributed by atoms with Crippen molar-refractivity contribution >= 4 is 27.2 Å². The molecule has 11 rings (SSSR count). The van der Waals surface area contributed by atoms with Crippen LogP contribution in [0.25, 0.3) is 111 Å². The van der Waals surface area contributed by atoms with Gasteiger partial charge in [-0.2, -0.15) is 0 Å². The van der Waals surface area contributed by atoms with Crippen molar-refractivity contribution in [3.8, 4) is 89.0 Å². The highest BCUT2D eigenvalue weighted by atomic mass is 14.5. The lowest BCUT2D eigenvalue weighted by Crippen LogP contribution is -1.97. The molecule has 0 radical (unpaired) electrons. The average Bonchev–Trinajstić information content (AvgIpc) is 3.36. The van der Waals surface area contributed by atoms with E-state index in [1.165, 1.54) is 54.9 Å². The van der Waals surface area contributed by atoms with Crippen molar-refractivity contribution in [1.82, 2.24) is 0 Å². The first-order chi connectivity index (χ1) is 31.2. The van der Waals surface area contributed by atoms with Crippen molar-refractivity contribution in [2.24, 2.45) is 0 Å². The highest BCUT2D eigenvalue weighted by Crippen LogP contribution is 2.48. The van der Waals surface area contributed by atoms with Gasteiger partial charge in [-0.15, -0.1) is 0 Å². The summed E-state index contributed by atoms with van der Waals surface area (Å²) in [7, 11) is 0. The maximum Gasteiger partial charge on any atom is 0.0326 e. The van der Waals surface area contributed by atoms with Crippen LogP contribution in [-0.4, -0.2) is 0 Å². The Labute approximate surface area is 369 Å². The maximum absolute atomic E-state index is 6.96. The first-order valence-corrected chi connectivity index (χ1v) is 21.6. The van der Waals surface area contributed by atoms with Crippen LogP contribution >= 0.6 is 0 Å². The zero-order valence-electron chi connectivity index (χ0n) is 34.7. The van der Waals surface area contributed by atoms with Crippen molar-refractivity contribution in [1.29, 1.82) is 0 Å². The maximum atomic E-state index is 6.96. The van der Waals surface area contributed by atoms with Crippen molar-refractivity contribution in [3.63, 3.8) is 0 Å². The number of anilines is 1. The van der Waals surface area contributed by atoms with Gasteiger partial charge in [0, 0.05) is 5.69 Å². The van der Waals surface area contributed by atoms with Crippen LogP contribution in [0.3, 0.4) is 0 Å². The van der Waals surface area contributed by atoms with E-state index in [0.717, 1.165) is 61.3 Å². The second-order valence-electron chi connectivity index (χ2n) is 16.2. The summed E-state index contributed by atoms with van der Waals surface area (Å²) in [5, 5.41) is 4.97. The van der Waals surface area contributed by atoms with Gasteiger partial charge in [0.1, 0.15) is 0 Å². The molecule has 2 N–H and O–H groups in total. The quantitative estimate of drug-likeness (QED) is 0.152. The van der Waals surface area contributed by atoms with Crippen molar-refractivity contribution < 1.29 is 0 Å². The Hall–Kier alpha value is -8.26. The van der Waals surface area contributed by atoms with Crippen LogP contribution in [0.15, 0.2) is 249 Å². The fraction of sp³-hybridized carbons (Fsp3) is 0. The Morgan fingerprint density at radius 1 is 0.206 bits per heavy atom. The summed E-state index contributed by atoms with van der Waals surface area (Å²) in [6.45, 7) is 0. The monoisotopic (exact) mass is 801 g/mol. The number of fused-ring (bicyclic) bond motifs is 2. The van der Waals surface area contributed by atoms with Gasteiger partial charge in [0.15, 0.2) is 0 Å². The number of rotatable bonds is 8. The molecule has 1 heteroatoms. The van der Waals surface area contributed by atoms with E-state index in [2.05, 4.69) is 249 Å². The summed E-state index contributed by atoms with van der Waals surface area (Å²) < 4.78 is 0. The van der Waals surface area contributed by atoms with Gasteiger partial charge in [-0.3, -0.25) is 0 Å². The Morgan fingerprint density at radius 2 is 0.540 bits per heavy atom. The Balaban J connectivity index is 1.13. The van der Waals surface area contributed by atoms with Gasteiger partial charge in [-0.25, -0.2) is 0 Å². The van der Waals surface area contributed by atoms with Gasteiger partial charge in [0.2, 0.25) is 0 Å². The normalized spacial score (nSPS) is 11.2. The lowest BCUT2D eigenvalue weighted by atomic mass is 9.81. The van der Waals surface area contributed by atoms with Crippen LogP contribution in [0, 0.1) is 0 Å². The molecule has 0 heterocycles. The summed E-state index contributed by atoms with van der Waals surface area (Å²) in [6.07, 6.45) is 0. The van der Waals surface area contributed by atoms with Gasteiger partial charge >= 0.3 is 0 Å². The molecule has 1 nitrogen and oxygen atoms in total. The van der Waals surface area contributed by atoms with Crippen LogP contribution in [0.4, 0.5) is 5.69 Å². The SMILES string of the molecule is Nc1cc(-c2ccccc2)c(-c2ccc(-c3ccccc3)cc2)c(-c2cccc(-c3ccc(-c4cccc5ccccc45)cc3)c2-c2ccc(-c3cccc4ccccc34)cc2)c1. The molecular weight excluding hydrogens is 759 g/mol. The lowest BCUT2D eigenvalue weighted by molar-refractivity contribution is 1.53. The lowest BCUT2D eigenvalue weighted by Gasteiger charge is -2.22. The van der Waals surface area contributed by atoms with E-state index in [1.807, 2.05) is 0 Å². The largest absolute Gasteiger partial charge is 0.399 e. The molecule has 0 aliphatic rings. The Bertz CT molecular complexity index is 3390. The average molecular weight is 802 g/mol. The molecule has 0 aromatic heterocycles. The first kappa shape index (κ1) is 37.7. The molecule has 0 aliphatic carbocycles. The third kappa shape index (κ3) is 7.16. The molecule has 0 bridgehead atoms. The summed E-state index contributed by atoms with van der Waals surface area (Å²) in [6, 6.07) is 89.8. The van der Waals surface area contributed by atoms with E-state index in [-0.39, 0.29) is 0 Å². The number of benzene rings is 11. The van der Waals surface area contributed by atoms with E-state index in [9.17, 15) is 0 Å². The number of nitrogens with two attached hydrogens (primary N) is 1. The van der Waals surface area contributed by atoms with Gasteiger partial charge < -0.3 is 5.73 Å². The van der Waals surface area contributed by atoms with Gasteiger partial charge in [-0.1, -0.05) is 237 Å². The van der Waals surface area contributed by atoms with Gasteiger partial charge in [0.05, 0.1) is 0 Å². The molecule has 63 heavy (non-hydrogen) atoms. The molecular formula is C62H43N. The van der Waals surface area contributed by atoms with E-state index >= 15 is 0 Å². The summed E-state index contributed by atoms with van der Waals surface area (Å²) in [5.41, 5.74) is 26.2. The Morgan fingerprint density at radius 3 is 1.10 bits per heavy atom. The number of nitrogen functional groups attached to an aromatic ring is 1. The van der Waals surface area contributed by atoms with E-state index in [0.29, 0.717) is 0 Å². The van der Waals surface area contributed by atoms with Crippen molar-refractivity contribution in [2.45, 2.75) is 0 Å². The minimum atomic E-state index is 0.718. The molecule has 0 spiro atoms. The summed E-state index contributed by atoms with van der Waals surface area (Å²) >= 11 is 0. The molecule has 296 valence electrons. The fourth-order valence-electron chi connectivity index (χ4n) is 9.42. The number of hydrogen-bond donors (Lipinski definition) is 1. The van der Waals surface area contributed by atoms with E-state index in [1.54, 1.807) is 0 Å². The highest BCUT2D eigenvalue weighted by molar-refractivity contribution is 6.04. The Kier molecular flexibility index (Phi) is 9.76. The zero-order valence-corrected chi connectivity index (χ0v) is 34.7. The predicted octanol–water partition coefficient (Wildman–Crippen LogP) is 16.9. The highest BCUT2D eigenvalue weighted by Gasteiger charge is 2.21. The smallest absolute Gasteiger partial charge is 0.0326 e. The van der Waals surface area contributed by atoms with Crippen LogP contribution in [0.2, 0.25) is 0 Å². The van der Waals surface area contributed by atoms with E-state index < -0.39 is 0 Å². The first-order valence-electron chi connectivity index (χ1n) is 21.6. The second kappa shape index (κ2) is 16.3. The molecule has 0 fully saturated rings. The van der Waals surface area contributed by atoms with Crippen LogP contribution in [0.5, 0.6) is 0 Å². The standard InChI is InChI=1S/C62H43N/c63-52-40-59(46-16-5-2-6-17-46)62(51-36-28-43(29-37-51)42-14-3-1-4-15-42)60(41-52)58-27-13-26-57(49-32-30-47(31-33-49)55-24-11-20-44-18-7-9-22-53(44)55)61(58)50-38-34-48(35-39-50)56-25-12-21-45-19-8-10-23-54(45)56/h1-41H,63H2. The fourth-order valence-corrected chi connectivity index (χ4v) is 9.42. The molecule has 0 aliphatic heterocycles. The number of hydrogen-bond acceptors (Lipinski definition) is 1. The third-order valence-electron chi connectivity index (χ3n) is 12.5. The zero-order chi connectivity index (χ0) is 42.1. The van der Waals surface area contributed by atoms with Crippen LogP contribution < -0.4 is 5.73 Å². The minimum Gasteiger partial charge on any atom is -0.399 e. The van der Waals surface area contributed by atoms with Crippen LogP contribution in [0.1, 0.15) is 0 Å². The van der Waals surface area contributed by atoms with Crippen LogP contribution in [-0.2, 0) is 0 Å². The second-order valence-corrected chi connectivity index (χ2v) is 16.2. The van der Waals surface area contributed by atoms with Gasteiger partial charge in [0.25, 0.3) is 0 Å². The predicted molar refractivity (Wildman–Crippen MR) is 269 cm³/mol. The molecule has 11 aromatic carbocycles. The van der Waals surface area contributed by atoms with E-state index in [4.69, 9.17) is 5.73 Å². The molecule has 0 saturated carbocycles. The topological polar surface area (TPSA) is 26.0 Å². The minimum absolute atomic E-state index is 0.718.